The summed E-state index contributed by atoms with van der Waals surface area (Å²) in [6.07, 6.45) is 0.884. The van der Waals surface area contributed by atoms with Crippen molar-refractivity contribution >= 4 is 10.0 Å². The molecule has 152 valence electrons. The molecule has 0 unspecified atom stereocenters. The highest BCUT2D eigenvalue weighted by Crippen LogP contribution is 2.38. The lowest BCUT2D eigenvalue weighted by molar-refractivity contribution is 0.184. The van der Waals surface area contributed by atoms with Gasteiger partial charge in [-0.2, -0.15) is 4.31 Å². The number of hydrogen-bond donors (Lipinski definition) is 0. The molecular formula is C20H21N3O5S. The molecule has 0 spiro atoms. The maximum atomic E-state index is 13.2. The number of rotatable bonds is 3. The van der Waals surface area contributed by atoms with E-state index in [9.17, 15) is 13.2 Å². The van der Waals surface area contributed by atoms with Gasteiger partial charge in [-0.15, -0.1) is 0 Å². The van der Waals surface area contributed by atoms with Crippen LogP contribution in [0.1, 0.15) is 29.3 Å². The molecule has 0 aromatic carbocycles. The number of piperidine rings is 1. The average Bonchev–Trinajstić information content (AvgIpc) is 3.30. The molecule has 0 N–H and O–H groups in total. The van der Waals surface area contributed by atoms with Crippen molar-refractivity contribution in [3.05, 3.63) is 57.6 Å². The second-order valence-electron chi connectivity index (χ2n) is 7.86. The molecule has 1 saturated heterocycles. The smallest absolute Gasteiger partial charge is 0.276 e. The van der Waals surface area contributed by atoms with Gasteiger partial charge in [0, 0.05) is 42.9 Å². The van der Waals surface area contributed by atoms with E-state index in [1.807, 2.05) is 19.9 Å². The zero-order valence-corrected chi connectivity index (χ0v) is 17.0. The number of furan rings is 1. The van der Waals surface area contributed by atoms with Gasteiger partial charge in [-0.25, -0.2) is 8.42 Å². The van der Waals surface area contributed by atoms with Crippen LogP contribution in [0, 0.1) is 19.8 Å². The number of nitrogens with zero attached hydrogens (tertiary/aromatic N) is 3. The molecule has 9 heteroatoms. The summed E-state index contributed by atoms with van der Waals surface area (Å²) in [5.74, 6) is 0.882. The summed E-state index contributed by atoms with van der Waals surface area (Å²) < 4.78 is 40.7. The SMILES string of the molecule is Cc1noc(-c2ccc(S(=O)(=O)N3C[C@@H]4C[C@H](C3)c3cccc(=O)n3C4)o2)c1C. The molecule has 2 aliphatic heterocycles. The normalized spacial score (nSPS) is 21.9. The van der Waals surface area contributed by atoms with Crippen molar-refractivity contribution in [3.8, 4) is 11.5 Å². The molecule has 8 nitrogen and oxygen atoms in total. The minimum atomic E-state index is -3.79. The molecule has 2 aliphatic rings. The number of hydrogen-bond acceptors (Lipinski definition) is 6. The summed E-state index contributed by atoms with van der Waals surface area (Å²) in [5, 5.41) is 3.79. The topological polar surface area (TPSA) is 98.5 Å². The Morgan fingerprint density at radius 3 is 2.69 bits per heavy atom. The second-order valence-corrected chi connectivity index (χ2v) is 9.73. The third-order valence-electron chi connectivity index (χ3n) is 6.00. The summed E-state index contributed by atoms with van der Waals surface area (Å²) in [4.78, 5) is 12.2. The van der Waals surface area contributed by atoms with Gasteiger partial charge in [0.15, 0.2) is 5.76 Å². The maximum absolute atomic E-state index is 13.2. The van der Waals surface area contributed by atoms with Crippen LogP contribution in [0.2, 0.25) is 0 Å². The van der Waals surface area contributed by atoms with Crippen LogP contribution < -0.4 is 5.56 Å². The van der Waals surface area contributed by atoms with Gasteiger partial charge in [-0.1, -0.05) is 11.2 Å². The second kappa shape index (κ2) is 6.43. The fraction of sp³-hybridized carbons (Fsp3) is 0.400. The fourth-order valence-electron chi connectivity index (χ4n) is 4.40. The Balaban J connectivity index is 1.46. The molecule has 3 aromatic rings. The van der Waals surface area contributed by atoms with Crippen LogP contribution in [0.3, 0.4) is 0 Å². The van der Waals surface area contributed by atoms with Crippen molar-refractivity contribution in [2.75, 3.05) is 13.1 Å². The van der Waals surface area contributed by atoms with Gasteiger partial charge in [0.2, 0.25) is 10.9 Å². The largest absolute Gasteiger partial charge is 0.440 e. The Bertz CT molecular complexity index is 1250. The lowest BCUT2D eigenvalue weighted by atomic mass is 9.84. The van der Waals surface area contributed by atoms with E-state index in [1.165, 1.54) is 10.4 Å². The van der Waals surface area contributed by atoms with Crippen LogP contribution in [0.25, 0.3) is 11.5 Å². The number of fused-ring (bicyclic) bond motifs is 4. The summed E-state index contributed by atoms with van der Waals surface area (Å²) in [6.45, 7) is 4.91. The molecule has 5 heterocycles. The first-order valence-corrected chi connectivity index (χ1v) is 11.0. The van der Waals surface area contributed by atoms with E-state index >= 15 is 0 Å². The van der Waals surface area contributed by atoms with E-state index in [4.69, 9.17) is 8.94 Å². The Hall–Kier alpha value is -2.65. The van der Waals surface area contributed by atoms with Gasteiger partial charge in [0.05, 0.1) is 5.69 Å². The average molecular weight is 415 g/mol. The molecule has 2 bridgehead atoms. The van der Waals surface area contributed by atoms with E-state index < -0.39 is 10.0 Å². The zero-order chi connectivity index (χ0) is 20.3. The molecule has 3 aromatic heterocycles. The Labute approximate surface area is 167 Å². The Morgan fingerprint density at radius 2 is 1.93 bits per heavy atom. The van der Waals surface area contributed by atoms with Crippen molar-refractivity contribution in [3.63, 3.8) is 0 Å². The van der Waals surface area contributed by atoms with Crippen molar-refractivity contribution in [2.24, 2.45) is 5.92 Å². The van der Waals surface area contributed by atoms with Crippen molar-refractivity contribution in [1.29, 1.82) is 0 Å². The predicted molar refractivity (Wildman–Crippen MR) is 104 cm³/mol. The number of aromatic nitrogens is 2. The molecule has 0 amide bonds. The van der Waals surface area contributed by atoms with Crippen molar-refractivity contribution in [2.45, 2.75) is 37.8 Å². The van der Waals surface area contributed by atoms with Gasteiger partial charge < -0.3 is 13.5 Å². The van der Waals surface area contributed by atoms with Crippen LogP contribution in [-0.2, 0) is 16.6 Å². The monoisotopic (exact) mass is 415 g/mol. The first-order chi connectivity index (χ1) is 13.8. The molecule has 0 radical (unpaired) electrons. The standard InChI is InChI=1S/C20H21N3O5S/c1-12-13(2)21-28-20(12)17-6-7-19(27-17)29(25,26)22-9-14-8-15(11-22)16-4-3-5-18(24)23(16)10-14/h3-7,14-15H,8-11H2,1-2H3/t14-,15+/m0/s1. The van der Waals surface area contributed by atoms with E-state index in [2.05, 4.69) is 5.16 Å². The van der Waals surface area contributed by atoms with Crippen LogP contribution >= 0.6 is 0 Å². The molecule has 1 fully saturated rings. The van der Waals surface area contributed by atoms with E-state index in [0.717, 1.165) is 23.4 Å². The lowest BCUT2D eigenvalue weighted by Crippen LogP contribution is -2.48. The minimum absolute atomic E-state index is 0.000208. The van der Waals surface area contributed by atoms with Crippen molar-refractivity contribution < 1.29 is 17.4 Å². The molecule has 5 rings (SSSR count). The first kappa shape index (κ1) is 18.4. The summed E-state index contributed by atoms with van der Waals surface area (Å²) in [7, 11) is -3.79. The Morgan fingerprint density at radius 1 is 1.10 bits per heavy atom. The summed E-state index contributed by atoms with van der Waals surface area (Å²) >= 11 is 0. The first-order valence-electron chi connectivity index (χ1n) is 9.57. The molecule has 2 atom stereocenters. The van der Waals surface area contributed by atoms with Gasteiger partial charge in [-0.05, 0) is 44.4 Å². The molecule has 0 aliphatic carbocycles. The highest BCUT2D eigenvalue weighted by Gasteiger charge is 2.40. The van der Waals surface area contributed by atoms with Gasteiger partial charge in [-0.3, -0.25) is 4.79 Å². The van der Waals surface area contributed by atoms with Crippen LogP contribution in [-0.4, -0.2) is 35.5 Å². The summed E-state index contributed by atoms with van der Waals surface area (Å²) in [5.41, 5.74) is 2.43. The third-order valence-corrected chi connectivity index (χ3v) is 7.71. The fourth-order valence-corrected chi connectivity index (χ4v) is 5.87. The van der Waals surface area contributed by atoms with Gasteiger partial charge >= 0.3 is 0 Å². The Kier molecular flexibility index (Phi) is 4.08. The van der Waals surface area contributed by atoms with Crippen LogP contribution in [0.4, 0.5) is 0 Å². The summed E-state index contributed by atoms with van der Waals surface area (Å²) in [6, 6.07) is 8.27. The predicted octanol–water partition coefficient (Wildman–Crippen LogP) is 2.52. The minimum Gasteiger partial charge on any atom is -0.440 e. The van der Waals surface area contributed by atoms with E-state index in [1.54, 1.807) is 22.8 Å². The van der Waals surface area contributed by atoms with Gasteiger partial charge in [0.25, 0.3) is 15.6 Å². The molecule has 0 saturated carbocycles. The third kappa shape index (κ3) is 2.87. The zero-order valence-electron chi connectivity index (χ0n) is 16.2. The highest BCUT2D eigenvalue weighted by molar-refractivity contribution is 7.89. The lowest BCUT2D eigenvalue weighted by Gasteiger charge is -2.41. The number of aryl methyl sites for hydroxylation is 1. The van der Waals surface area contributed by atoms with E-state index in [0.29, 0.717) is 31.2 Å². The van der Waals surface area contributed by atoms with Crippen LogP contribution in [0.5, 0.6) is 0 Å². The number of pyridine rings is 1. The number of sulfonamides is 1. The van der Waals surface area contributed by atoms with Crippen molar-refractivity contribution in [1.82, 2.24) is 14.0 Å². The van der Waals surface area contributed by atoms with Gasteiger partial charge in [0.1, 0.15) is 0 Å². The molecule has 29 heavy (non-hydrogen) atoms. The highest BCUT2D eigenvalue weighted by atomic mass is 32.2. The van der Waals surface area contributed by atoms with Crippen LogP contribution in [0.15, 0.2) is 49.2 Å². The maximum Gasteiger partial charge on any atom is 0.276 e. The molecular weight excluding hydrogens is 394 g/mol. The quantitative estimate of drug-likeness (QED) is 0.652. The van der Waals surface area contributed by atoms with E-state index in [-0.39, 0.29) is 22.5 Å².